The maximum atomic E-state index is 13.1. The first-order valence-corrected chi connectivity index (χ1v) is 11.8. The smallest absolute Gasteiger partial charge is 0.220 e. The molecule has 0 heterocycles. The summed E-state index contributed by atoms with van der Waals surface area (Å²) in [5.74, 6) is 6.19. The standard InChI is InChI=1S/C24H37NO/c1-15(24-11-19-5-20(12-24)7-21(6-19)13-24)25-22(26)14-23-8-16-2-17(9-23)4-18(3-16)10-23/h15-21H,2-14H2,1H3,(H,25,26)/t15-,16?,17?,18?,19?,20?,21?,23?,24?/m1/s1. The third kappa shape index (κ3) is 2.53. The lowest BCUT2D eigenvalue weighted by Gasteiger charge is -2.59. The van der Waals surface area contributed by atoms with Crippen LogP contribution >= 0.6 is 0 Å². The maximum Gasteiger partial charge on any atom is 0.220 e. The zero-order valence-electron chi connectivity index (χ0n) is 16.6. The third-order valence-corrected chi connectivity index (χ3v) is 10.1. The first-order valence-electron chi connectivity index (χ1n) is 11.8. The molecule has 8 aliphatic carbocycles. The molecule has 144 valence electrons. The van der Waals surface area contributed by atoms with E-state index in [0.717, 1.165) is 41.9 Å². The van der Waals surface area contributed by atoms with E-state index in [1.807, 2.05) is 0 Å². The Kier molecular flexibility index (Phi) is 3.48. The predicted molar refractivity (Wildman–Crippen MR) is 103 cm³/mol. The summed E-state index contributed by atoms with van der Waals surface area (Å²) in [6.07, 6.45) is 18.0. The van der Waals surface area contributed by atoms with Gasteiger partial charge in [-0.3, -0.25) is 4.79 Å². The van der Waals surface area contributed by atoms with Crippen molar-refractivity contribution in [3.8, 4) is 0 Å². The molecule has 1 amide bonds. The van der Waals surface area contributed by atoms with Crippen LogP contribution in [0.2, 0.25) is 0 Å². The van der Waals surface area contributed by atoms with Gasteiger partial charge in [-0.1, -0.05) is 0 Å². The van der Waals surface area contributed by atoms with Crippen molar-refractivity contribution < 1.29 is 4.79 Å². The van der Waals surface area contributed by atoms with Crippen LogP contribution in [-0.4, -0.2) is 11.9 Å². The molecular weight excluding hydrogens is 318 g/mol. The normalized spacial score (nSPS) is 54.5. The van der Waals surface area contributed by atoms with Crippen LogP contribution < -0.4 is 5.32 Å². The van der Waals surface area contributed by atoms with Gasteiger partial charge in [0.1, 0.15) is 0 Å². The summed E-state index contributed by atoms with van der Waals surface area (Å²) in [5, 5.41) is 3.57. The van der Waals surface area contributed by atoms with Crippen LogP contribution in [0, 0.1) is 46.3 Å². The molecule has 8 bridgehead atoms. The monoisotopic (exact) mass is 355 g/mol. The number of carbonyl (C=O) groups is 1. The predicted octanol–water partition coefficient (Wildman–Crippen LogP) is 5.31. The Labute approximate surface area is 159 Å². The van der Waals surface area contributed by atoms with Gasteiger partial charge in [-0.05, 0) is 130 Å². The number of amides is 1. The van der Waals surface area contributed by atoms with Crippen molar-refractivity contribution in [3.63, 3.8) is 0 Å². The second-order valence-electron chi connectivity index (χ2n) is 12.2. The number of carbonyl (C=O) groups excluding carboxylic acids is 1. The van der Waals surface area contributed by atoms with Gasteiger partial charge in [0, 0.05) is 12.5 Å². The number of nitrogens with one attached hydrogen (secondary N) is 1. The van der Waals surface area contributed by atoms with Crippen molar-refractivity contribution >= 4 is 5.91 Å². The first kappa shape index (κ1) is 16.4. The Morgan fingerprint density at radius 1 is 0.769 bits per heavy atom. The summed E-state index contributed by atoms with van der Waals surface area (Å²) in [4.78, 5) is 13.1. The molecule has 8 aliphatic rings. The van der Waals surface area contributed by atoms with E-state index < -0.39 is 0 Å². The van der Waals surface area contributed by atoms with Gasteiger partial charge < -0.3 is 5.32 Å². The Morgan fingerprint density at radius 3 is 1.58 bits per heavy atom. The highest BCUT2D eigenvalue weighted by atomic mass is 16.1. The van der Waals surface area contributed by atoms with E-state index in [9.17, 15) is 4.79 Å². The van der Waals surface area contributed by atoms with Crippen LogP contribution in [0.15, 0.2) is 0 Å². The van der Waals surface area contributed by atoms with E-state index in [1.165, 1.54) is 77.0 Å². The van der Waals surface area contributed by atoms with Crippen LogP contribution in [0.25, 0.3) is 0 Å². The van der Waals surface area contributed by atoms with Gasteiger partial charge in [-0.2, -0.15) is 0 Å². The fraction of sp³-hybridized carbons (Fsp3) is 0.958. The van der Waals surface area contributed by atoms with E-state index in [4.69, 9.17) is 0 Å². The molecular formula is C24H37NO. The van der Waals surface area contributed by atoms with Crippen molar-refractivity contribution in [1.82, 2.24) is 5.32 Å². The molecule has 0 aromatic rings. The summed E-state index contributed by atoms with van der Waals surface area (Å²) >= 11 is 0. The van der Waals surface area contributed by atoms with Crippen LogP contribution in [0.5, 0.6) is 0 Å². The van der Waals surface area contributed by atoms with Crippen molar-refractivity contribution in [3.05, 3.63) is 0 Å². The number of hydrogen-bond acceptors (Lipinski definition) is 1. The fourth-order valence-corrected chi connectivity index (χ4v) is 10.0. The van der Waals surface area contributed by atoms with E-state index in [-0.39, 0.29) is 0 Å². The molecule has 0 aromatic heterocycles. The second-order valence-corrected chi connectivity index (χ2v) is 12.2. The lowest BCUT2D eigenvalue weighted by molar-refractivity contribution is -0.133. The molecule has 8 saturated carbocycles. The minimum absolute atomic E-state index is 0.389. The molecule has 0 aliphatic heterocycles. The molecule has 0 aromatic carbocycles. The minimum atomic E-state index is 0.389. The maximum absolute atomic E-state index is 13.1. The summed E-state index contributed by atoms with van der Waals surface area (Å²) in [7, 11) is 0. The van der Waals surface area contributed by atoms with E-state index in [2.05, 4.69) is 12.2 Å². The minimum Gasteiger partial charge on any atom is -0.353 e. The Bertz CT molecular complexity index is 537. The summed E-state index contributed by atoms with van der Waals surface area (Å²) < 4.78 is 0. The molecule has 8 fully saturated rings. The van der Waals surface area contributed by atoms with Gasteiger partial charge in [0.2, 0.25) is 5.91 Å². The van der Waals surface area contributed by atoms with Crippen molar-refractivity contribution in [2.24, 2.45) is 46.3 Å². The highest BCUT2D eigenvalue weighted by molar-refractivity contribution is 5.77. The first-order chi connectivity index (χ1) is 12.5. The average molecular weight is 356 g/mol. The fourth-order valence-electron chi connectivity index (χ4n) is 10.0. The highest BCUT2D eigenvalue weighted by Crippen LogP contribution is 2.62. The quantitative estimate of drug-likeness (QED) is 0.727. The molecule has 8 rings (SSSR count). The molecule has 0 spiro atoms. The zero-order valence-corrected chi connectivity index (χ0v) is 16.6. The largest absolute Gasteiger partial charge is 0.353 e. The van der Waals surface area contributed by atoms with Crippen LogP contribution in [0.3, 0.4) is 0 Å². The van der Waals surface area contributed by atoms with Gasteiger partial charge in [-0.15, -0.1) is 0 Å². The van der Waals surface area contributed by atoms with Gasteiger partial charge in [0.05, 0.1) is 0 Å². The second kappa shape index (κ2) is 5.51. The van der Waals surface area contributed by atoms with Crippen LogP contribution in [0.1, 0.15) is 90.4 Å². The molecule has 1 atom stereocenters. The molecule has 2 heteroatoms. The number of hydrogen-bond donors (Lipinski definition) is 1. The van der Waals surface area contributed by atoms with Gasteiger partial charge in [-0.25, -0.2) is 0 Å². The molecule has 26 heavy (non-hydrogen) atoms. The number of rotatable bonds is 4. The van der Waals surface area contributed by atoms with Gasteiger partial charge >= 0.3 is 0 Å². The topological polar surface area (TPSA) is 29.1 Å². The highest BCUT2D eigenvalue weighted by Gasteiger charge is 2.54. The summed E-state index contributed by atoms with van der Waals surface area (Å²) in [6.45, 7) is 2.35. The van der Waals surface area contributed by atoms with Crippen LogP contribution in [-0.2, 0) is 4.79 Å². The Balaban J connectivity index is 1.13. The molecule has 0 unspecified atom stereocenters. The SMILES string of the molecule is C[C@@H](NC(=O)CC12CC3CC(CC(C3)C1)C2)C12CC3CC(CC(C3)C1)C2. The summed E-state index contributed by atoms with van der Waals surface area (Å²) in [6, 6.07) is 0.400. The van der Waals surface area contributed by atoms with E-state index >= 15 is 0 Å². The van der Waals surface area contributed by atoms with Gasteiger partial charge in [0.15, 0.2) is 0 Å². The average Bonchev–Trinajstić information content (AvgIpc) is 2.51. The summed E-state index contributed by atoms with van der Waals surface area (Å²) in [5.41, 5.74) is 0.839. The van der Waals surface area contributed by atoms with Crippen molar-refractivity contribution in [1.29, 1.82) is 0 Å². The third-order valence-electron chi connectivity index (χ3n) is 10.1. The van der Waals surface area contributed by atoms with E-state index in [1.54, 1.807) is 0 Å². The lowest BCUT2D eigenvalue weighted by Crippen LogP contribution is -2.56. The Morgan fingerprint density at radius 2 is 1.15 bits per heavy atom. The molecule has 0 radical (unpaired) electrons. The van der Waals surface area contributed by atoms with Crippen molar-refractivity contribution in [2.45, 2.75) is 96.4 Å². The molecule has 1 N–H and O–H groups in total. The Hall–Kier alpha value is -0.530. The zero-order chi connectivity index (χ0) is 17.5. The lowest BCUT2D eigenvalue weighted by atomic mass is 9.47. The van der Waals surface area contributed by atoms with Gasteiger partial charge in [0.25, 0.3) is 0 Å². The van der Waals surface area contributed by atoms with E-state index in [0.29, 0.717) is 22.8 Å². The van der Waals surface area contributed by atoms with Crippen LogP contribution in [0.4, 0.5) is 0 Å². The molecule has 0 saturated heterocycles. The molecule has 2 nitrogen and oxygen atoms in total. The van der Waals surface area contributed by atoms with Crippen molar-refractivity contribution in [2.75, 3.05) is 0 Å².